The summed E-state index contributed by atoms with van der Waals surface area (Å²) in [4.78, 5) is 4.46. The quantitative estimate of drug-likeness (QED) is 0.675. The molecule has 0 aliphatic carbocycles. The van der Waals surface area contributed by atoms with Gasteiger partial charge in [0.15, 0.2) is 0 Å². The van der Waals surface area contributed by atoms with Gasteiger partial charge in [-0.15, -0.1) is 0 Å². The molecule has 24 heavy (non-hydrogen) atoms. The average molecular weight is 315 g/mol. The van der Waals surface area contributed by atoms with E-state index in [0.29, 0.717) is 0 Å². The second kappa shape index (κ2) is 5.56. The summed E-state index contributed by atoms with van der Waals surface area (Å²) >= 11 is 0. The number of nitrogens with one attached hydrogen (secondary N) is 2. The molecule has 0 fully saturated rings. The highest BCUT2D eigenvalue weighted by molar-refractivity contribution is 5.76. The van der Waals surface area contributed by atoms with Crippen LogP contribution < -0.4 is 5.32 Å². The molecular weight excluding hydrogens is 302 g/mol. The number of pyridine rings is 1. The molecule has 1 aromatic carbocycles. The van der Waals surface area contributed by atoms with Crippen LogP contribution in [-0.4, -0.2) is 20.3 Å². The molecule has 3 aromatic rings. The van der Waals surface area contributed by atoms with E-state index in [4.69, 9.17) is 5.26 Å². The second-order valence-corrected chi connectivity index (χ2v) is 5.54. The van der Waals surface area contributed by atoms with Crippen LogP contribution in [0.15, 0.2) is 48.9 Å². The van der Waals surface area contributed by atoms with Gasteiger partial charge in [0, 0.05) is 30.6 Å². The van der Waals surface area contributed by atoms with Gasteiger partial charge in [0.2, 0.25) is 0 Å². The summed E-state index contributed by atoms with van der Waals surface area (Å²) in [7, 11) is 0. The Balaban J connectivity index is 1.70. The first-order valence-corrected chi connectivity index (χ1v) is 7.42. The van der Waals surface area contributed by atoms with Gasteiger partial charge in [0.1, 0.15) is 17.6 Å². The number of hydrogen-bond acceptors (Lipinski definition) is 5. The van der Waals surface area contributed by atoms with Crippen LogP contribution in [0.2, 0.25) is 0 Å². The summed E-state index contributed by atoms with van der Waals surface area (Å²) in [6.07, 6.45) is 6.14. The molecule has 0 unspecified atom stereocenters. The largest absolute Gasteiger partial charge is 0.507 e. The van der Waals surface area contributed by atoms with Crippen LogP contribution >= 0.6 is 0 Å². The molecule has 0 bridgehead atoms. The maximum atomic E-state index is 9.65. The molecule has 0 spiro atoms. The summed E-state index contributed by atoms with van der Waals surface area (Å²) in [5, 5.41) is 28.9. The Bertz CT molecular complexity index is 983. The van der Waals surface area contributed by atoms with Crippen molar-refractivity contribution in [2.75, 3.05) is 5.32 Å². The molecule has 1 aliphatic heterocycles. The summed E-state index contributed by atoms with van der Waals surface area (Å²) in [6, 6.07) is 10.9. The monoisotopic (exact) mass is 315 g/mol. The molecule has 3 heterocycles. The number of aromatic hydroxyl groups is 1. The van der Waals surface area contributed by atoms with E-state index in [0.717, 1.165) is 40.2 Å². The minimum absolute atomic E-state index is 0.0155. The van der Waals surface area contributed by atoms with Crippen molar-refractivity contribution in [3.8, 4) is 22.9 Å². The molecule has 0 atom stereocenters. The van der Waals surface area contributed by atoms with Gasteiger partial charge in [-0.3, -0.25) is 5.10 Å². The first-order valence-electron chi connectivity index (χ1n) is 7.42. The molecule has 116 valence electrons. The average Bonchev–Trinajstić information content (AvgIpc) is 3.16. The highest BCUT2D eigenvalue weighted by Crippen LogP contribution is 2.31. The first kappa shape index (κ1) is 14.0. The third-order valence-electron chi connectivity index (χ3n) is 4.03. The normalized spacial score (nSPS) is 12.7. The van der Waals surface area contributed by atoms with Gasteiger partial charge in [-0.05, 0) is 41.0 Å². The Morgan fingerprint density at radius 2 is 2.08 bits per heavy atom. The molecule has 6 nitrogen and oxygen atoms in total. The Morgan fingerprint density at radius 3 is 2.88 bits per heavy atom. The summed E-state index contributed by atoms with van der Waals surface area (Å²) < 4.78 is 0. The maximum absolute atomic E-state index is 9.65. The van der Waals surface area contributed by atoms with Crippen LogP contribution in [0.1, 0.15) is 16.8 Å². The molecule has 3 N–H and O–H groups in total. The lowest BCUT2D eigenvalue weighted by atomic mass is 9.97. The highest BCUT2D eigenvalue weighted by Gasteiger charge is 2.15. The summed E-state index contributed by atoms with van der Waals surface area (Å²) in [6.45, 7) is 0. The third kappa shape index (κ3) is 2.38. The number of aromatic nitrogens is 3. The minimum atomic E-state index is -0.0155. The predicted molar refractivity (Wildman–Crippen MR) is 89.9 cm³/mol. The van der Waals surface area contributed by atoms with Crippen molar-refractivity contribution < 1.29 is 5.11 Å². The van der Waals surface area contributed by atoms with E-state index in [1.807, 2.05) is 24.4 Å². The molecule has 1 aliphatic rings. The fraction of sp³-hybridized carbons (Fsp3) is 0.0556. The fourth-order valence-corrected chi connectivity index (χ4v) is 2.76. The topological polar surface area (TPSA) is 97.6 Å². The lowest BCUT2D eigenvalue weighted by Gasteiger charge is -2.17. The van der Waals surface area contributed by atoms with Gasteiger partial charge < -0.3 is 10.4 Å². The lowest BCUT2D eigenvalue weighted by molar-refractivity contribution is 0.473. The van der Waals surface area contributed by atoms with E-state index in [9.17, 15) is 5.11 Å². The first-order chi connectivity index (χ1) is 11.7. The number of rotatable bonds is 2. The minimum Gasteiger partial charge on any atom is -0.507 e. The van der Waals surface area contributed by atoms with Gasteiger partial charge in [0.05, 0.1) is 11.3 Å². The van der Waals surface area contributed by atoms with Crippen molar-refractivity contribution in [3.63, 3.8) is 0 Å². The van der Waals surface area contributed by atoms with Crippen molar-refractivity contribution in [1.82, 2.24) is 15.2 Å². The zero-order valence-electron chi connectivity index (χ0n) is 12.6. The summed E-state index contributed by atoms with van der Waals surface area (Å²) in [5.41, 5.74) is 5.13. The molecule has 0 radical (unpaired) electrons. The second-order valence-electron chi connectivity index (χ2n) is 5.54. The van der Waals surface area contributed by atoms with Crippen LogP contribution in [0.3, 0.4) is 0 Å². The van der Waals surface area contributed by atoms with E-state index in [2.05, 4.69) is 20.5 Å². The number of allylic oxidation sites excluding steroid dienone is 1. The van der Waals surface area contributed by atoms with E-state index < -0.39 is 0 Å². The number of benzene rings is 1. The number of phenols is 1. The Kier molecular flexibility index (Phi) is 3.25. The maximum Gasteiger partial charge on any atom is 0.133 e. The van der Waals surface area contributed by atoms with Crippen molar-refractivity contribution in [1.29, 1.82) is 5.26 Å². The molecule has 0 amide bonds. The van der Waals surface area contributed by atoms with Crippen LogP contribution in [0, 0.1) is 11.3 Å². The SMILES string of the molecule is N#Cc1cc(-c2cnc3c(c2)CC(c2ccn[nH]2)=CN3)ccc1O. The number of nitrogens with zero attached hydrogens (tertiary/aromatic N) is 3. The van der Waals surface area contributed by atoms with Crippen molar-refractivity contribution in [3.05, 3.63) is 65.7 Å². The third-order valence-corrected chi connectivity index (χ3v) is 4.03. The number of fused-ring (bicyclic) bond motifs is 1. The Hall–Kier alpha value is -3.59. The Morgan fingerprint density at radius 1 is 1.17 bits per heavy atom. The standard InChI is InChI=1S/C18H13N5O/c19-8-13-5-11(1-2-17(13)24)14-6-12-7-15(16-3-4-22-23-16)10-21-18(12)20-9-14/h1-6,9-10,24H,7H2,(H,20,21)(H,22,23). The van der Waals surface area contributed by atoms with Gasteiger partial charge in [-0.1, -0.05) is 6.07 Å². The lowest BCUT2D eigenvalue weighted by Crippen LogP contribution is -2.07. The van der Waals surface area contributed by atoms with Crippen LogP contribution in [-0.2, 0) is 6.42 Å². The van der Waals surface area contributed by atoms with Crippen LogP contribution in [0.25, 0.3) is 16.7 Å². The zero-order valence-corrected chi connectivity index (χ0v) is 12.6. The predicted octanol–water partition coefficient (Wildman–Crippen LogP) is 3.06. The number of hydrogen-bond donors (Lipinski definition) is 3. The number of nitriles is 1. The number of aromatic amines is 1. The smallest absolute Gasteiger partial charge is 0.133 e. The van der Waals surface area contributed by atoms with Crippen molar-refractivity contribution in [2.24, 2.45) is 0 Å². The number of phenolic OH excluding ortho intramolecular Hbond substituents is 1. The number of H-pyrrole nitrogens is 1. The van der Waals surface area contributed by atoms with Crippen molar-refractivity contribution >= 4 is 11.4 Å². The van der Waals surface area contributed by atoms with Gasteiger partial charge in [0.25, 0.3) is 0 Å². The van der Waals surface area contributed by atoms with Gasteiger partial charge in [-0.2, -0.15) is 10.4 Å². The molecule has 0 saturated heterocycles. The van der Waals surface area contributed by atoms with E-state index in [1.165, 1.54) is 6.07 Å². The molecule has 2 aromatic heterocycles. The molecule has 0 saturated carbocycles. The van der Waals surface area contributed by atoms with Crippen LogP contribution in [0.4, 0.5) is 5.82 Å². The number of anilines is 1. The van der Waals surface area contributed by atoms with Gasteiger partial charge in [-0.25, -0.2) is 4.98 Å². The van der Waals surface area contributed by atoms with Gasteiger partial charge >= 0.3 is 0 Å². The summed E-state index contributed by atoms with van der Waals surface area (Å²) in [5.74, 6) is 0.805. The van der Waals surface area contributed by atoms with Crippen molar-refractivity contribution in [2.45, 2.75) is 6.42 Å². The van der Waals surface area contributed by atoms with E-state index in [1.54, 1.807) is 24.5 Å². The molecule has 4 rings (SSSR count). The molecular formula is C18H13N5O. The van der Waals surface area contributed by atoms with E-state index in [-0.39, 0.29) is 11.3 Å². The van der Waals surface area contributed by atoms with Crippen LogP contribution in [0.5, 0.6) is 5.75 Å². The zero-order chi connectivity index (χ0) is 16.5. The Labute approximate surface area is 138 Å². The van der Waals surface area contributed by atoms with E-state index >= 15 is 0 Å². The highest BCUT2D eigenvalue weighted by atomic mass is 16.3. The fourth-order valence-electron chi connectivity index (χ4n) is 2.76. The molecule has 6 heteroatoms.